The van der Waals surface area contributed by atoms with E-state index in [2.05, 4.69) is 10.3 Å². The second-order valence-electron chi connectivity index (χ2n) is 6.36. The number of ether oxygens (including phenoxy) is 1. The van der Waals surface area contributed by atoms with Crippen LogP contribution in [-0.4, -0.2) is 60.3 Å². The molecule has 1 aliphatic heterocycles. The Hall–Kier alpha value is -2.54. The first-order valence-corrected chi connectivity index (χ1v) is 7.89. The zero-order valence-electron chi connectivity index (χ0n) is 13.8. The minimum Gasteiger partial charge on any atom is -0.477 e. The molecule has 1 saturated heterocycles. The predicted octanol–water partition coefficient (Wildman–Crippen LogP) is 1.62. The lowest BCUT2D eigenvalue weighted by atomic mass is 10.0. The number of aromatic carboxylic acids is 1. The van der Waals surface area contributed by atoms with Crippen molar-refractivity contribution >= 4 is 23.0 Å². The summed E-state index contributed by atoms with van der Waals surface area (Å²) in [6.07, 6.45) is 0.923. The molecule has 0 spiro atoms. The third-order valence-corrected chi connectivity index (χ3v) is 4.21. The molecule has 2 aromatic rings. The first-order chi connectivity index (χ1) is 11.4. The minimum absolute atomic E-state index is 0.0435. The first-order valence-electron chi connectivity index (χ1n) is 7.89. The van der Waals surface area contributed by atoms with Crippen LogP contribution >= 0.6 is 0 Å². The Morgan fingerprint density at radius 3 is 2.83 bits per heavy atom. The van der Waals surface area contributed by atoms with Crippen LogP contribution in [0.25, 0.3) is 10.9 Å². The Morgan fingerprint density at radius 1 is 1.42 bits per heavy atom. The van der Waals surface area contributed by atoms with Gasteiger partial charge in [-0.15, -0.1) is 0 Å². The van der Waals surface area contributed by atoms with Crippen molar-refractivity contribution in [2.24, 2.45) is 0 Å². The number of alkyl carbamates (subject to hydrolysis) is 1. The number of fused-ring (bicyclic) bond motifs is 1. The molecule has 128 valence electrons. The maximum absolute atomic E-state index is 11.5. The Morgan fingerprint density at radius 2 is 2.21 bits per heavy atom. The zero-order chi connectivity index (χ0) is 17.3. The molecule has 1 fully saturated rings. The summed E-state index contributed by atoms with van der Waals surface area (Å²) in [5.41, 5.74) is 2.93. The molecule has 0 aliphatic carbocycles. The molecular weight excluding hydrogens is 310 g/mol. The molecule has 1 unspecified atom stereocenters. The number of benzene rings is 1. The number of cyclic esters (lactones) is 1. The summed E-state index contributed by atoms with van der Waals surface area (Å²) in [6.45, 7) is 1.13. The minimum atomic E-state index is -0.946. The van der Waals surface area contributed by atoms with Gasteiger partial charge in [0, 0.05) is 17.4 Å². The Balaban J connectivity index is 1.92. The van der Waals surface area contributed by atoms with Gasteiger partial charge in [0.25, 0.3) is 0 Å². The number of H-pyrrole nitrogens is 1. The Kier molecular flexibility index (Phi) is 4.44. The van der Waals surface area contributed by atoms with E-state index in [-0.39, 0.29) is 17.8 Å². The van der Waals surface area contributed by atoms with E-state index < -0.39 is 5.97 Å². The van der Waals surface area contributed by atoms with Crippen LogP contribution in [0, 0.1) is 0 Å². The quantitative estimate of drug-likeness (QED) is 0.748. The van der Waals surface area contributed by atoms with Gasteiger partial charge in [-0.2, -0.15) is 0 Å². The van der Waals surface area contributed by atoms with Gasteiger partial charge in [-0.1, -0.05) is 6.07 Å². The molecule has 1 aromatic carbocycles. The van der Waals surface area contributed by atoms with Crippen molar-refractivity contribution in [1.82, 2.24) is 15.2 Å². The SMILES string of the molecule is CN(C)CCc1c(C(=O)O)[nH]c2ccc(CC3COC(=O)N3)cc12. The fraction of sp³-hybridized carbons (Fsp3) is 0.412. The van der Waals surface area contributed by atoms with Crippen molar-refractivity contribution in [3.63, 3.8) is 0 Å². The van der Waals surface area contributed by atoms with E-state index in [0.29, 0.717) is 19.4 Å². The molecule has 1 aliphatic rings. The highest BCUT2D eigenvalue weighted by atomic mass is 16.6. The number of hydrogen-bond acceptors (Lipinski definition) is 4. The van der Waals surface area contributed by atoms with Gasteiger partial charge >= 0.3 is 12.1 Å². The van der Waals surface area contributed by atoms with Gasteiger partial charge < -0.3 is 25.0 Å². The van der Waals surface area contributed by atoms with Crippen molar-refractivity contribution in [1.29, 1.82) is 0 Å². The van der Waals surface area contributed by atoms with Crippen LogP contribution < -0.4 is 5.32 Å². The smallest absolute Gasteiger partial charge is 0.407 e. The number of carboxylic acid groups (broad SMARTS) is 1. The Bertz CT molecular complexity index is 781. The molecule has 1 atom stereocenters. The number of aromatic nitrogens is 1. The number of nitrogens with zero attached hydrogens (tertiary/aromatic N) is 1. The van der Waals surface area contributed by atoms with Gasteiger partial charge in [-0.05, 0) is 50.2 Å². The van der Waals surface area contributed by atoms with Crippen LogP contribution in [0.4, 0.5) is 4.79 Å². The number of likely N-dealkylation sites (N-methyl/N-ethyl adjacent to an activating group) is 1. The summed E-state index contributed by atoms with van der Waals surface area (Å²) in [7, 11) is 3.92. The van der Waals surface area contributed by atoms with Crippen molar-refractivity contribution in [2.75, 3.05) is 27.2 Å². The summed E-state index contributed by atoms with van der Waals surface area (Å²) < 4.78 is 4.91. The number of hydrogen-bond donors (Lipinski definition) is 3. The third kappa shape index (κ3) is 3.35. The number of amides is 1. The van der Waals surface area contributed by atoms with Crippen LogP contribution in [0.1, 0.15) is 21.6 Å². The molecule has 1 amide bonds. The van der Waals surface area contributed by atoms with Gasteiger partial charge in [0.15, 0.2) is 0 Å². The maximum atomic E-state index is 11.5. The Labute approximate surface area is 139 Å². The number of carbonyl (C=O) groups excluding carboxylic acids is 1. The molecule has 7 nitrogen and oxygen atoms in total. The van der Waals surface area contributed by atoms with E-state index in [9.17, 15) is 14.7 Å². The van der Waals surface area contributed by atoms with Crippen LogP contribution in [-0.2, 0) is 17.6 Å². The van der Waals surface area contributed by atoms with Crippen molar-refractivity contribution in [3.8, 4) is 0 Å². The molecule has 3 N–H and O–H groups in total. The standard InChI is InChI=1S/C17H21N3O4/c1-20(2)6-5-12-13-8-10(7-11-9-24-17(23)18-11)3-4-14(13)19-15(12)16(21)22/h3-4,8,11,19H,5-7,9H2,1-2H3,(H,18,23)(H,21,22). The molecule has 7 heteroatoms. The van der Waals surface area contributed by atoms with E-state index in [4.69, 9.17) is 4.74 Å². The van der Waals surface area contributed by atoms with Crippen molar-refractivity contribution < 1.29 is 19.4 Å². The van der Waals surface area contributed by atoms with Crippen LogP contribution in [0.2, 0.25) is 0 Å². The molecule has 3 rings (SSSR count). The highest BCUT2D eigenvalue weighted by molar-refractivity contribution is 5.97. The first kappa shape index (κ1) is 16.3. The number of nitrogens with one attached hydrogen (secondary N) is 2. The molecule has 0 bridgehead atoms. The second kappa shape index (κ2) is 6.52. The van der Waals surface area contributed by atoms with Crippen molar-refractivity contribution in [3.05, 3.63) is 35.0 Å². The fourth-order valence-corrected chi connectivity index (χ4v) is 3.02. The lowest BCUT2D eigenvalue weighted by Crippen LogP contribution is -2.28. The molecule has 24 heavy (non-hydrogen) atoms. The zero-order valence-corrected chi connectivity index (χ0v) is 13.8. The second-order valence-corrected chi connectivity index (χ2v) is 6.36. The summed E-state index contributed by atoms with van der Waals surface area (Å²) in [4.78, 5) is 27.7. The van der Waals surface area contributed by atoms with E-state index >= 15 is 0 Å². The van der Waals surface area contributed by atoms with E-state index in [1.807, 2.05) is 37.2 Å². The topological polar surface area (TPSA) is 94.7 Å². The predicted molar refractivity (Wildman–Crippen MR) is 89.5 cm³/mol. The number of aromatic amines is 1. The van der Waals surface area contributed by atoms with E-state index in [1.165, 1.54) is 0 Å². The average molecular weight is 331 g/mol. The van der Waals surface area contributed by atoms with E-state index in [0.717, 1.165) is 28.6 Å². The van der Waals surface area contributed by atoms with Crippen LogP contribution in [0.5, 0.6) is 0 Å². The fourth-order valence-electron chi connectivity index (χ4n) is 3.02. The largest absolute Gasteiger partial charge is 0.477 e. The molecule has 1 aromatic heterocycles. The highest BCUT2D eigenvalue weighted by Gasteiger charge is 2.23. The summed E-state index contributed by atoms with van der Waals surface area (Å²) in [5.74, 6) is -0.946. The summed E-state index contributed by atoms with van der Waals surface area (Å²) >= 11 is 0. The van der Waals surface area contributed by atoms with Crippen molar-refractivity contribution in [2.45, 2.75) is 18.9 Å². The number of carboxylic acids is 1. The van der Waals surface area contributed by atoms with Crippen LogP contribution in [0.3, 0.4) is 0 Å². The third-order valence-electron chi connectivity index (χ3n) is 4.21. The van der Waals surface area contributed by atoms with Gasteiger partial charge in [0.05, 0.1) is 6.04 Å². The lowest BCUT2D eigenvalue weighted by Gasteiger charge is -2.10. The highest BCUT2D eigenvalue weighted by Crippen LogP contribution is 2.25. The molecule has 0 radical (unpaired) electrons. The maximum Gasteiger partial charge on any atom is 0.407 e. The summed E-state index contributed by atoms with van der Waals surface area (Å²) in [6, 6.07) is 5.81. The van der Waals surface area contributed by atoms with Gasteiger partial charge in [0.1, 0.15) is 12.3 Å². The normalized spacial score (nSPS) is 17.3. The lowest BCUT2D eigenvalue weighted by molar-refractivity contribution is 0.0690. The number of carbonyl (C=O) groups is 2. The number of rotatable bonds is 6. The monoisotopic (exact) mass is 331 g/mol. The summed E-state index contributed by atoms with van der Waals surface area (Å²) in [5, 5.41) is 13.1. The molecule has 0 saturated carbocycles. The average Bonchev–Trinajstić information content (AvgIpc) is 3.08. The van der Waals surface area contributed by atoms with E-state index in [1.54, 1.807) is 0 Å². The van der Waals surface area contributed by atoms with Gasteiger partial charge in [-0.3, -0.25) is 0 Å². The molecular formula is C17H21N3O4. The van der Waals surface area contributed by atoms with Crippen LogP contribution in [0.15, 0.2) is 18.2 Å². The van der Waals surface area contributed by atoms with Gasteiger partial charge in [-0.25, -0.2) is 9.59 Å². The molecule has 2 heterocycles. The van der Waals surface area contributed by atoms with Gasteiger partial charge in [0.2, 0.25) is 0 Å².